The van der Waals surface area contributed by atoms with E-state index in [0.717, 1.165) is 0 Å². The van der Waals surface area contributed by atoms with Gasteiger partial charge in [0.2, 0.25) is 0 Å². The Labute approximate surface area is 58.6 Å². The van der Waals surface area contributed by atoms with Crippen molar-refractivity contribution in [1.29, 1.82) is 0 Å². The average Bonchev–Trinajstić information content (AvgIpc) is 0. The summed E-state index contributed by atoms with van der Waals surface area (Å²) in [7, 11) is 0. The van der Waals surface area contributed by atoms with E-state index < -0.39 is 0 Å². The monoisotopic (exact) mass is 291 g/mol. The third-order valence-electron chi connectivity index (χ3n) is 0. The Morgan fingerprint density at radius 1 is 0.286 bits per heavy atom. The molecule has 0 spiro atoms. The average molecular weight is 291 g/mol. The van der Waals surface area contributed by atoms with Crippen molar-refractivity contribution in [3.63, 3.8) is 0 Å². The zero-order valence-electron chi connectivity index (χ0n) is 3.78. The second kappa shape index (κ2) is 952. The van der Waals surface area contributed by atoms with Crippen molar-refractivity contribution in [3.05, 3.63) is 36.9 Å². The fraction of sp³-hybridized carbons (Fsp3) is 0. The van der Waals surface area contributed by atoms with Crippen LogP contribution >= 0.6 is 0 Å². The van der Waals surface area contributed by atoms with Crippen molar-refractivity contribution >= 4 is 0 Å². The molecule has 58 valence electrons. The van der Waals surface area contributed by atoms with E-state index in [1.165, 1.54) is 0 Å². The van der Waals surface area contributed by atoms with Crippen LogP contribution in [0, 0.1) is 0 Å². The minimum absolute atomic E-state index is 0. The maximum absolute atomic E-state index is 0. The first-order valence-corrected chi connectivity index (χ1v) is 0. The third kappa shape index (κ3) is 635. The summed E-state index contributed by atoms with van der Waals surface area (Å²) in [6.45, 7) is 0. The van der Waals surface area contributed by atoms with Crippen LogP contribution in [0.3, 0.4) is 0 Å². The minimum Gasteiger partial charge on any atom is -0.693 e. The van der Waals surface area contributed by atoms with Gasteiger partial charge in [-0.3, -0.25) is 0 Å². The van der Waals surface area contributed by atoms with Gasteiger partial charge in [0, 0.05) is 21.1 Å². The number of nitrogens with two attached hydrogens (primary N) is 6. The molecule has 7 heteroatoms. The Bertz CT molecular complexity index is 4.14. The molecule has 7 heavy (non-hydrogen) atoms. The Kier molecular flexibility index (Phi) is 210000. The van der Waals surface area contributed by atoms with Crippen LogP contribution in [0.4, 0.5) is 0 Å². The molecule has 0 aromatic carbocycles. The van der Waals surface area contributed by atoms with Gasteiger partial charge in [-0.25, -0.2) is 0 Å². The van der Waals surface area contributed by atoms with Gasteiger partial charge in [-0.05, 0) is 0 Å². The van der Waals surface area contributed by atoms with E-state index in [1.807, 2.05) is 0 Å². The van der Waals surface area contributed by atoms with Crippen molar-refractivity contribution in [3.8, 4) is 0 Å². The van der Waals surface area contributed by atoms with Gasteiger partial charge in [0.05, 0.1) is 0 Å². The molecule has 0 unspecified atom stereocenters. The number of hydrogen-bond acceptors (Lipinski definition) is 0. The summed E-state index contributed by atoms with van der Waals surface area (Å²) in [4.78, 5) is 0. The predicted molar refractivity (Wildman–Crippen MR) is 31.7 cm³/mol. The summed E-state index contributed by atoms with van der Waals surface area (Å²) in [5.41, 5.74) is 0. The standard InChI is InChI=1S/6H2N.Pt/h6*1H2;/q6*-1;. The maximum Gasteiger partial charge on any atom is 0 e. The summed E-state index contributed by atoms with van der Waals surface area (Å²) >= 11 is 0. The van der Waals surface area contributed by atoms with Crippen molar-refractivity contribution in [1.82, 2.24) is 0 Å². The molecule has 0 aliphatic heterocycles. The van der Waals surface area contributed by atoms with Crippen LogP contribution in [0.15, 0.2) is 0 Å². The van der Waals surface area contributed by atoms with Crippen LogP contribution in [0.2, 0.25) is 0 Å². The van der Waals surface area contributed by atoms with Crippen LogP contribution in [0.5, 0.6) is 0 Å². The summed E-state index contributed by atoms with van der Waals surface area (Å²) in [5.74, 6) is 0. The topological polar surface area (TPSA) is 201 Å². The van der Waals surface area contributed by atoms with E-state index >= 15 is 0 Å². The first kappa shape index (κ1) is 1540. The molecule has 0 atom stereocenters. The molecule has 0 heterocycles. The van der Waals surface area contributed by atoms with Gasteiger partial charge in [0.25, 0.3) is 0 Å². The molecule has 0 amide bonds. The Morgan fingerprint density at radius 3 is 0.286 bits per heavy atom. The zero-order chi connectivity index (χ0) is 0. The van der Waals surface area contributed by atoms with E-state index in [0.29, 0.717) is 0 Å². The fourth-order valence-electron chi connectivity index (χ4n) is 0. The quantitative estimate of drug-likeness (QED) is 0.612. The van der Waals surface area contributed by atoms with Gasteiger partial charge >= 0.3 is 0 Å². The maximum atomic E-state index is 0. The minimum atomic E-state index is 0. The number of rotatable bonds is 0. The second-order valence-corrected chi connectivity index (χ2v) is 0. The van der Waals surface area contributed by atoms with Gasteiger partial charge in [-0.15, -0.1) is 0 Å². The van der Waals surface area contributed by atoms with Gasteiger partial charge in [-0.1, -0.05) is 0 Å². The van der Waals surface area contributed by atoms with Crippen LogP contribution in [0.1, 0.15) is 0 Å². The van der Waals surface area contributed by atoms with Crippen LogP contribution in [0.25, 0.3) is 36.9 Å². The van der Waals surface area contributed by atoms with Gasteiger partial charge in [0.1, 0.15) is 0 Å². The van der Waals surface area contributed by atoms with Gasteiger partial charge in [0.15, 0.2) is 0 Å². The van der Waals surface area contributed by atoms with E-state index in [9.17, 15) is 0 Å². The molecule has 0 saturated heterocycles. The van der Waals surface area contributed by atoms with E-state index in [2.05, 4.69) is 0 Å². The first-order chi connectivity index (χ1) is 0. The predicted octanol–water partition coefficient (Wildman–Crippen LogP) is 4.30. The van der Waals surface area contributed by atoms with Crippen molar-refractivity contribution < 1.29 is 21.1 Å². The summed E-state index contributed by atoms with van der Waals surface area (Å²) < 4.78 is 0. The Morgan fingerprint density at radius 2 is 0.286 bits per heavy atom. The van der Waals surface area contributed by atoms with Crippen LogP contribution in [-0.2, 0) is 21.1 Å². The molecule has 6 nitrogen and oxygen atoms in total. The summed E-state index contributed by atoms with van der Waals surface area (Å²) in [6, 6.07) is 0. The molecule has 12 N–H and O–H groups in total. The fourth-order valence-corrected chi connectivity index (χ4v) is 0. The molecule has 0 bridgehead atoms. The molecule has 0 fully saturated rings. The van der Waals surface area contributed by atoms with E-state index in [1.54, 1.807) is 0 Å². The number of hydrogen-bond donors (Lipinski definition) is 0. The molecule has 0 saturated carbocycles. The van der Waals surface area contributed by atoms with Gasteiger partial charge in [-0.2, -0.15) is 0 Å². The molecular formula is H12N6Pt-6. The molecule has 0 aliphatic carbocycles. The SMILES string of the molecule is [NH2-].[NH2-].[NH2-].[NH2-].[NH2-].[NH2-].[Pt]. The van der Waals surface area contributed by atoms with Crippen LogP contribution in [-0.4, -0.2) is 0 Å². The van der Waals surface area contributed by atoms with E-state index in [-0.39, 0.29) is 58.0 Å². The normalized spacial score (nSPS) is 0. The van der Waals surface area contributed by atoms with Crippen molar-refractivity contribution in [2.75, 3.05) is 0 Å². The Balaban J connectivity index is 0. The van der Waals surface area contributed by atoms with Crippen molar-refractivity contribution in [2.24, 2.45) is 0 Å². The summed E-state index contributed by atoms with van der Waals surface area (Å²) in [5, 5.41) is 0. The van der Waals surface area contributed by atoms with E-state index in [4.69, 9.17) is 0 Å². The molecule has 0 aliphatic rings. The molecule has 0 aromatic rings. The second-order valence-electron chi connectivity index (χ2n) is 0. The molecular weight excluding hydrogens is 279 g/mol. The van der Waals surface area contributed by atoms with Crippen molar-refractivity contribution in [2.45, 2.75) is 0 Å². The molecule has 0 rings (SSSR count). The summed E-state index contributed by atoms with van der Waals surface area (Å²) in [6.07, 6.45) is 0. The van der Waals surface area contributed by atoms with Gasteiger partial charge < -0.3 is 36.9 Å². The van der Waals surface area contributed by atoms with Crippen LogP contribution < -0.4 is 0 Å². The Hall–Kier alpha value is 0.448. The smallest absolute Gasteiger partial charge is 0 e. The first-order valence-electron chi connectivity index (χ1n) is 0. The largest absolute Gasteiger partial charge is 0.693 e. The molecule has 0 radical (unpaired) electrons. The molecule has 0 aromatic heterocycles. The third-order valence-corrected chi connectivity index (χ3v) is 0. The zero-order valence-corrected chi connectivity index (χ0v) is 6.05.